The molecule has 4 nitrogen and oxygen atoms in total. The molecule has 1 aromatic heterocycles. The number of rotatable bonds is 4. The van der Waals surface area contributed by atoms with Crippen LogP contribution in [0.15, 0.2) is 24.3 Å². The van der Waals surface area contributed by atoms with Gasteiger partial charge in [0.05, 0.1) is 11.4 Å². The Hall–Kier alpha value is -2.17. The van der Waals surface area contributed by atoms with Gasteiger partial charge in [-0.25, -0.2) is 9.07 Å². The minimum atomic E-state index is -0.788. The van der Waals surface area contributed by atoms with Crippen molar-refractivity contribution in [2.45, 2.75) is 26.7 Å². The summed E-state index contributed by atoms with van der Waals surface area (Å²) in [7, 11) is 0. The van der Waals surface area contributed by atoms with Gasteiger partial charge >= 0.3 is 0 Å². The van der Waals surface area contributed by atoms with Gasteiger partial charge in [0.1, 0.15) is 11.4 Å². The number of carbonyl (C=O) groups is 1. The van der Waals surface area contributed by atoms with E-state index in [-0.39, 0.29) is 5.56 Å². The van der Waals surface area contributed by atoms with Gasteiger partial charge in [0, 0.05) is 5.69 Å². The number of primary amides is 1. The standard InChI is InChI=1S/C14H16FN3O/c1-3-9-8-10(4-2)18(17-9)12-7-5-6-11(15)13(12)14(16)19/h5-8H,3-4H2,1-2H3,(H2,16,19). The average Bonchev–Trinajstić information content (AvgIpc) is 2.81. The number of nitrogens with zero attached hydrogens (tertiary/aromatic N) is 2. The molecule has 0 aliphatic heterocycles. The summed E-state index contributed by atoms with van der Waals surface area (Å²) in [6, 6.07) is 6.37. The zero-order chi connectivity index (χ0) is 14.0. The highest BCUT2D eigenvalue weighted by Crippen LogP contribution is 2.20. The van der Waals surface area contributed by atoms with Crippen LogP contribution in [0.1, 0.15) is 35.6 Å². The van der Waals surface area contributed by atoms with Crippen molar-refractivity contribution in [2.24, 2.45) is 5.73 Å². The monoisotopic (exact) mass is 261 g/mol. The van der Waals surface area contributed by atoms with Crippen LogP contribution in [-0.4, -0.2) is 15.7 Å². The van der Waals surface area contributed by atoms with E-state index in [1.165, 1.54) is 6.07 Å². The number of aromatic nitrogens is 2. The Morgan fingerprint density at radius 2 is 2.11 bits per heavy atom. The number of carbonyl (C=O) groups excluding carboxylic acids is 1. The molecule has 0 fully saturated rings. The molecule has 2 rings (SSSR count). The van der Waals surface area contributed by atoms with Crippen LogP contribution >= 0.6 is 0 Å². The lowest BCUT2D eigenvalue weighted by Gasteiger charge is -2.10. The second-order valence-corrected chi connectivity index (χ2v) is 4.24. The first kappa shape index (κ1) is 13.3. The first-order chi connectivity index (χ1) is 9.08. The minimum absolute atomic E-state index is 0.122. The molecule has 0 bridgehead atoms. The van der Waals surface area contributed by atoms with Crippen molar-refractivity contribution >= 4 is 5.91 Å². The fourth-order valence-corrected chi connectivity index (χ4v) is 2.04. The molecule has 5 heteroatoms. The fraction of sp³-hybridized carbons (Fsp3) is 0.286. The van der Waals surface area contributed by atoms with Crippen LogP contribution in [0, 0.1) is 5.82 Å². The number of hydrogen-bond acceptors (Lipinski definition) is 2. The first-order valence-corrected chi connectivity index (χ1v) is 6.25. The highest BCUT2D eigenvalue weighted by molar-refractivity contribution is 5.96. The van der Waals surface area contributed by atoms with E-state index >= 15 is 0 Å². The van der Waals surface area contributed by atoms with Crippen molar-refractivity contribution in [1.29, 1.82) is 0 Å². The number of amides is 1. The van der Waals surface area contributed by atoms with Gasteiger partial charge in [-0.2, -0.15) is 5.10 Å². The Bertz CT molecular complexity index is 619. The van der Waals surface area contributed by atoms with Crippen molar-refractivity contribution in [3.8, 4) is 5.69 Å². The molecule has 0 aliphatic carbocycles. The van der Waals surface area contributed by atoms with E-state index in [0.29, 0.717) is 5.69 Å². The highest BCUT2D eigenvalue weighted by atomic mass is 19.1. The van der Waals surface area contributed by atoms with Crippen molar-refractivity contribution < 1.29 is 9.18 Å². The molecule has 0 unspecified atom stereocenters. The molecule has 19 heavy (non-hydrogen) atoms. The molecule has 0 spiro atoms. The van der Waals surface area contributed by atoms with E-state index in [4.69, 9.17) is 5.73 Å². The lowest BCUT2D eigenvalue weighted by molar-refractivity contribution is 0.0996. The number of nitrogens with two attached hydrogens (primary N) is 1. The van der Waals surface area contributed by atoms with Gasteiger partial charge in [-0.1, -0.05) is 19.9 Å². The maximum atomic E-state index is 13.8. The van der Waals surface area contributed by atoms with Crippen LogP contribution in [0.25, 0.3) is 5.69 Å². The van der Waals surface area contributed by atoms with E-state index in [9.17, 15) is 9.18 Å². The average molecular weight is 261 g/mol. The molecule has 0 saturated heterocycles. The largest absolute Gasteiger partial charge is 0.365 e. The van der Waals surface area contributed by atoms with Crippen molar-refractivity contribution in [3.63, 3.8) is 0 Å². The van der Waals surface area contributed by atoms with Gasteiger partial charge in [0.2, 0.25) is 0 Å². The lowest BCUT2D eigenvalue weighted by atomic mass is 10.1. The Morgan fingerprint density at radius 3 is 2.68 bits per heavy atom. The third-order valence-corrected chi connectivity index (χ3v) is 3.02. The summed E-state index contributed by atoms with van der Waals surface area (Å²) in [5, 5.41) is 4.40. The topological polar surface area (TPSA) is 60.9 Å². The van der Waals surface area contributed by atoms with E-state index in [0.717, 1.165) is 24.2 Å². The van der Waals surface area contributed by atoms with Crippen LogP contribution < -0.4 is 5.73 Å². The SMILES string of the molecule is CCc1cc(CC)n(-c2cccc(F)c2C(N)=O)n1. The summed E-state index contributed by atoms with van der Waals surface area (Å²) in [4.78, 5) is 11.4. The molecule has 2 aromatic rings. The van der Waals surface area contributed by atoms with E-state index in [2.05, 4.69) is 5.10 Å². The van der Waals surface area contributed by atoms with Gasteiger partial charge < -0.3 is 5.73 Å². The Kier molecular flexibility index (Phi) is 3.64. The van der Waals surface area contributed by atoms with Crippen molar-refractivity contribution in [2.75, 3.05) is 0 Å². The molecule has 1 aromatic carbocycles. The smallest absolute Gasteiger partial charge is 0.253 e. The van der Waals surface area contributed by atoms with E-state index in [1.54, 1.807) is 16.8 Å². The maximum absolute atomic E-state index is 13.8. The minimum Gasteiger partial charge on any atom is -0.365 e. The third kappa shape index (κ3) is 2.36. The summed E-state index contributed by atoms with van der Waals surface area (Å²) in [5.41, 5.74) is 7.35. The molecule has 0 radical (unpaired) electrons. The summed E-state index contributed by atoms with van der Waals surface area (Å²) in [6.07, 6.45) is 1.52. The predicted molar refractivity (Wildman–Crippen MR) is 70.8 cm³/mol. The lowest BCUT2D eigenvalue weighted by Crippen LogP contribution is -2.18. The van der Waals surface area contributed by atoms with Gasteiger partial charge in [-0.3, -0.25) is 4.79 Å². The molecular formula is C14H16FN3O. The Balaban J connectivity index is 2.68. The van der Waals surface area contributed by atoms with E-state index < -0.39 is 11.7 Å². The van der Waals surface area contributed by atoms with Crippen LogP contribution in [0.5, 0.6) is 0 Å². The van der Waals surface area contributed by atoms with Crippen LogP contribution in [0.2, 0.25) is 0 Å². The van der Waals surface area contributed by atoms with Crippen molar-refractivity contribution in [1.82, 2.24) is 9.78 Å². The quantitative estimate of drug-likeness (QED) is 0.917. The highest BCUT2D eigenvalue weighted by Gasteiger charge is 2.18. The number of aryl methyl sites for hydroxylation is 2. The molecule has 0 atom stereocenters. The summed E-state index contributed by atoms with van der Waals surface area (Å²) in [6.45, 7) is 3.98. The number of halogens is 1. The first-order valence-electron chi connectivity index (χ1n) is 6.25. The molecular weight excluding hydrogens is 245 g/mol. The molecule has 0 aliphatic rings. The number of hydrogen-bond donors (Lipinski definition) is 1. The molecule has 2 N–H and O–H groups in total. The Labute approximate surface area is 111 Å². The summed E-state index contributed by atoms with van der Waals surface area (Å²) in [5.74, 6) is -1.41. The van der Waals surface area contributed by atoms with Gasteiger partial charge in [0.25, 0.3) is 5.91 Å². The van der Waals surface area contributed by atoms with Crippen LogP contribution in [0.3, 0.4) is 0 Å². The second kappa shape index (κ2) is 5.22. The van der Waals surface area contributed by atoms with Gasteiger partial charge in [-0.15, -0.1) is 0 Å². The summed E-state index contributed by atoms with van der Waals surface area (Å²) >= 11 is 0. The normalized spacial score (nSPS) is 10.7. The molecule has 1 heterocycles. The third-order valence-electron chi connectivity index (χ3n) is 3.02. The Morgan fingerprint density at radius 1 is 1.37 bits per heavy atom. The second-order valence-electron chi connectivity index (χ2n) is 4.24. The van der Waals surface area contributed by atoms with Gasteiger partial charge in [-0.05, 0) is 31.0 Å². The maximum Gasteiger partial charge on any atom is 0.253 e. The van der Waals surface area contributed by atoms with Crippen LogP contribution in [-0.2, 0) is 12.8 Å². The van der Waals surface area contributed by atoms with Crippen LogP contribution in [0.4, 0.5) is 4.39 Å². The molecule has 0 saturated carbocycles. The van der Waals surface area contributed by atoms with E-state index in [1.807, 2.05) is 19.9 Å². The predicted octanol–water partition coefficient (Wildman–Crippen LogP) is 2.24. The zero-order valence-electron chi connectivity index (χ0n) is 11.0. The molecule has 100 valence electrons. The van der Waals surface area contributed by atoms with Crippen molar-refractivity contribution in [3.05, 3.63) is 47.0 Å². The summed E-state index contributed by atoms with van der Waals surface area (Å²) < 4.78 is 15.4. The fourth-order valence-electron chi connectivity index (χ4n) is 2.04. The van der Waals surface area contributed by atoms with Gasteiger partial charge in [0.15, 0.2) is 0 Å². The zero-order valence-corrected chi connectivity index (χ0v) is 11.0. The number of benzene rings is 1. The molecule has 1 amide bonds.